The first-order valence-corrected chi connectivity index (χ1v) is 5.34. The molecule has 0 bridgehead atoms. The maximum Gasteiger partial charge on any atom is 0.179 e. The van der Waals surface area contributed by atoms with Crippen LogP contribution in [0.3, 0.4) is 0 Å². The van der Waals surface area contributed by atoms with Gasteiger partial charge in [0.15, 0.2) is 5.78 Å². The fourth-order valence-electron chi connectivity index (χ4n) is 1.21. The van der Waals surface area contributed by atoms with Crippen LogP contribution in [0, 0.1) is 0 Å². The highest BCUT2D eigenvalue weighted by atomic mass is 35.5. The second-order valence-electron chi connectivity index (χ2n) is 4.59. The Hall–Kier alpha value is -0.860. The van der Waals surface area contributed by atoms with Gasteiger partial charge in [0.05, 0.1) is 7.39 Å². The Labute approximate surface area is 108 Å². The topological polar surface area (TPSA) is 29.1 Å². The van der Waals surface area contributed by atoms with E-state index in [1.54, 1.807) is 32.9 Å². The van der Waals surface area contributed by atoms with Crippen molar-refractivity contribution >= 4 is 17.4 Å². The third kappa shape index (κ3) is 3.95. The van der Waals surface area contributed by atoms with Gasteiger partial charge in [-0.05, 0) is 39.8 Å². The van der Waals surface area contributed by atoms with Gasteiger partial charge in [-0.2, -0.15) is 0 Å². The van der Waals surface area contributed by atoms with Crippen molar-refractivity contribution in [1.82, 2.24) is 5.32 Å². The number of Topliss-reactive ketones (excluding diaryl/α,β-unsaturated/α-hetero) is 1. The number of halogens is 1. The standard InChI is InChI=1S/C13H18ClNO/c1-9(15-13(2,3)4)12(16)10-6-5-7-11(14)8-10/h5-9,15H,1-4H3/i1D3,9D. The molecule has 3 heteroatoms. The first-order valence-electron chi connectivity index (χ1n) is 6.96. The third-order valence-corrected chi connectivity index (χ3v) is 2.05. The van der Waals surface area contributed by atoms with Crippen LogP contribution >= 0.6 is 11.6 Å². The van der Waals surface area contributed by atoms with Crippen molar-refractivity contribution in [2.75, 3.05) is 0 Å². The van der Waals surface area contributed by atoms with Gasteiger partial charge in [-0.15, -0.1) is 0 Å². The van der Waals surface area contributed by atoms with E-state index in [0.29, 0.717) is 5.02 Å². The highest BCUT2D eigenvalue weighted by Crippen LogP contribution is 2.13. The van der Waals surface area contributed by atoms with Gasteiger partial charge in [0, 0.05) is 20.2 Å². The minimum Gasteiger partial charge on any atom is -0.303 e. The van der Waals surface area contributed by atoms with Gasteiger partial charge in [-0.25, -0.2) is 0 Å². The molecule has 1 rings (SSSR count). The molecule has 0 saturated heterocycles. The van der Waals surface area contributed by atoms with E-state index in [2.05, 4.69) is 5.32 Å². The fourth-order valence-corrected chi connectivity index (χ4v) is 1.40. The predicted molar refractivity (Wildman–Crippen MR) is 68.1 cm³/mol. The summed E-state index contributed by atoms with van der Waals surface area (Å²) in [5, 5.41) is 2.92. The van der Waals surface area contributed by atoms with E-state index in [4.69, 9.17) is 17.1 Å². The van der Waals surface area contributed by atoms with Crippen molar-refractivity contribution in [3.63, 3.8) is 0 Å². The first-order chi connectivity index (χ1) is 8.87. The van der Waals surface area contributed by atoms with Crippen LogP contribution in [-0.4, -0.2) is 17.3 Å². The summed E-state index contributed by atoms with van der Waals surface area (Å²) < 4.78 is 30.8. The molecule has 0 heterocycles. The molecule has 0 aliphatic rings. The second kappa shape index (κ2) is 4.98. The molecular formula is C13H18ClNO. The zero-order valence-electron chi connectivity index (χ0n) is 13.6. The molecular weight excluding hydrogens is 222 g/mol. The first kappa shape index (κ1) is 8.26. The normalized spacial score (nSPS) is 20.0. The van der Waals surface area contributed by atoms with Gasteiger partial charge >= 0.3 is 0 Å². The van der Waals surface area contributed by atoms with Crippen LogP contribution in [-0.2, 0) is 0 Å². The smallest absolute Gasteiger partial charge is 0.179 e. The van der Waals surface area contributed by atoms with E-state index in [1.165, 1.54) is 12.1 Å². The summed E-state index contributed by atoms with van der Waals surface area (Å²) in [7, 11) is 0. The molecule has 0 fully saturated rings. The maximum atomic E-state index is 12.5. The minimum atomic E-state index is -2.81. The molecule has 1 atom stereocenters. The molecule has 1 unspecified atom stereocenters. The number of ketones is 1. The second-order valence-corrected chi connectivity index (χ2v) is 5.03. The average molecular weight is 244 g/mol. The van der Waals surface area contributed by atoms with Gasteiger partial charge in [0.2, 0.25) is 0 Å². The minimum absolute atomic E-state index is 0.0976. The number of carbonyl (C=O) groups is 1. The zero-order chi connectivity index (χ0) is 15.8. The lowest BCUT2D eigenvalue weighted by atomic mass is 10.0. The van der Waals surface area contributed by atoms with Crippen LogP contribution in [0.2, 0.25) is 5.02 Å². The molecule has 0 aliphatic heterocycles. The van der Waals surface area contributed by atoms with Crippen LogP contribution in [0.4, 0.5) is 0 Å². The van der Waals surface area contributed by atoms with Crippen LogP contribution in [0.5, 0.6) is 0 Å². The Kier molecular flexibility index (Phi) is 2.57. The van der Waals surface area contributed by atoms with Crippen molar-refractivity contribution < 1.29 is 10.3 Å². The zero-order valence-corrected chi connectivity index (χ0v) is 10.4. The Balaban J connectivity index is 3.28. The highest BCUT2D eigenvalue weighted by molar-refractivity contribution is 6.31. The van der Waals surface area contributed by atoms with Gasteiger partial charge in [0.25, 0.3) is 0 Å². The average Bonchev–Trinajstić information content (AvgIpc) is 2.24. The fraction of sp³-hybridized carbons (Fsp3) is 0.462. The summed E-state index contributed by atoms with van der Waals surface area (Å²) in [5.41, 5.74) is -0.606. The molecule has 16 heavy (non-hydrogen) atoms. The molecule has 2 nitrogen and oxygen atoms in total. The molecule has 88 valence electrons. The lowest BCUT2D eigenvalue weighted by molar-refractivity contribution is 0.0936. The number of carbonyl (C=O) groups excluding carboxylic acids is 1. The largest absolute Gasteiger partial charge is 0.303 e. The number of nitrogens with one attached hydrogen (secondary N) is 1. The van der Waals surface area contributed by atoms with E-state index >= 15 is 0 Å². The molecule has 0 saturated carbocycles. The Morgan fingerprint density at radius 2 is 2.25 bits per heavy atom. The summed E-state index contributed by atoms with van der Waals surface area (Å²) >= 11 is 5.81. The van der Waals surface area contributed by atoms with Crippen molar-refractivity contribution in [1.29, 1.82) is 0 Å². The van der Waals surface area contributed by atoms with Crippen molar-refractivity contribution in [3.8, 4) is 0 Å². The van der Waals surface area contributed by atoms with Gasteiger partial charge in [0.1, 0.15) is 0 Å². The third-order valence-electron chi connectivity index (χ3n) is 1.81. The summed E-state index contributed by atoms with van der Waals surface area (Å²) in [5.74, 6) is -0.824. The van der Waals surface area contributed by atoms with Crippen molar-refractivity contribution in [2.24, 2.45) is 0 Å². The lowest BCUT2D eigenvalue weighted by Crippen LogP contribution is -2.46. The molecule has 0 aliphatic carbocycles. The Bertz CT molecular complexity index is 510. The lowest BCUT2D eigenvalue weighted by Gasteiger charge is -2.25. The quantitative estimate of drug-likeness (QED) is 0.826. The molecule has 1 aromatic carbocycles. The Morgan fingerprint density at radius 1 is 1.56 bits per heavy atom. The molecule has 1 aromatic rings. The predicted octanol–water partition coefficient (Wildman–Crippen LogP) is 3.30. The highest BCUT2D eigenvalue weighted by Gasteiger charge is 2.20. The monoisotopic (exact) mass is 243 g/mol. The van der Waals surface area contributed by atoms with E-state index < -0.39 is 24.2 Å². The van der Waals surface area contributed by atoms with E-state index in [1.807, 2.05) is 0 Å². The summed E-state index contributed by atoms with van der Waals surface area (Å²) in [4.78, 5) is 12.5. The molecule has 1 N–H and O–H groups in total. The molecule has 0 amide bonds. The van der Waals surface area contributed by atoms with Gasteiger partial charge in [-0.3, -0.25) is 4.79 Å². The van der Waals surface area contributed by atoms with E-state index in [-0.39, 0.29) is 5.56 Å². The van der Waals surface area contributed by atoms with Gasteiger partial charge < -0.3 is 5.32 Å². The number of hydrogen-bond donors (Lipinski definition) is 1. The molecule has 0 aromatic heterocycles. The van der Waals surface area contributed by atoms with Crippen molar-refractivity contribution in [2.45, 2.75) is 39.2 Å². The van der Waals surface area contributed by atoms with E-state index in [9.17, 15) is 4.79 Å². The van der Waals surface area contributed by atoms with Crippen LogP contribution < -0.4 is 5.32 Å². The SMILES string of the molecule is [2H]C([2H])([2H])C([2H])(NC(C)(C)C)C(=O)c1cccc(Cl)c1. The Morgan fingerprint density at radius 3 is 2.75 bits per heavy atom. The van der Waals surface area contributed by atoms with E-state index in [0.717, 1.165) is 0 Å². The number of hydrogen-bond acceptors (Lipinski definition) is 2. The number of benzene rings is 1. The summed E-state index contributed by atoms with van der Waals surface area (Å²) in [6.45, 7) is 2.30. The van der Waals surface area contributed by atoms with Gasteiger partial charge in [-0.1, -0.05) is 23.7 Å². The van der Waals surface area contributed by atoms with Crippen LogP contribution in [0.25, 0.3) is 0 Å². The molecule has 0 radical (unpaired) electrons. The summed E-state index contributed by atoms with van der Waals surface area (Å²) in [6, 6.07) is 3.52. The maximum absolute atomic E-state index is 12.5. The van der Waals surface area contributed by atoms with Crippen LogP contribution in [0.15, 0.2) is 24.3 Å². The van der Waals surface area contributed by atoms with Crippen LogP contribution in [0.1, 0.15) is 43.5 Å². The summed E-state index contributed by atoms with van der Waals surface area (Å²) in [6.07, 6.45) is 0. The molecule has 0 spiro atoms. The number of rotatable bonds is 3. The van der Waals surface area contributed by atoms with Crippen molar-refractivity contribution in [3.05, 3.63) is 34.9 Å².